The number of aromatic nitrogens is 1. The normalized spacial score (nSPS) is 13.1. The van der Waals surface area contributed by atoms with Gasteiger partial charge in [-0.25, -0.2) is 4.98 Å². The van der Waals surface area contributed by atoms with E-state index in [-0.39, 0.29) is 6.04 Å². The van der Waals surface area contributed by atoms with Crippen LogP contribution in [0.5, 0.6) is 0 Å². The topological polar surface area (TPSA) is 62.2 Å². The van der Waals surface area contributed by atoms with E-state index in [9.17, 15) is 4.79 Å². The number of nitrogens with one attached hydrogen (secondary N) is 1. The Balaban J connectivity index is 2.83. The summed E-state index contributed by atoms with van der Waals surface area (Å²) in [5.74, 6) is -0.885. The quantitative estimate of drug-likeness (QED) is 0.798. The highest BCUT2D eigenvalue weighted by molar-refractivity contribution is 7.09. The van der Waals surface area contributed by atoms with Crippen LogP contribution in [0.1, 0.15) is 30.6 Å². The van der Waals surface area contributed by atoms with Crippen LogP contribution in [0.15, 0.2) is 5.38 Å². The van der Waals surface area contributed by atoms with Gasteiger partial charge in [-0.1, -0.05) is 0 Å². The smallest absolute Gasteiger partial charge is 0.327 e. The summed E-state index contributed by atoms with van der Waals surface area (Å²) in [5, 5.41) is 14.6. The molecule has 5 heteroatoms. The SMILES string of the molecule is Cc1nc(C(NC(C)C)C(=O)O)cs1. The minimum atomic E-state index is -0.885. The Morgan fingerprint density at radius 2 is 2.29 bits per heavy atom. The van der Waals surface area contributed by atoms with Crippen molar-refractivity contribution in [3.05, 3.63) is 16.1 Å². The van der Waals surface area contributed by atoms with Crippen molar-refractivity contribution >= 4 is 17.3 Å². The van der Waals surface area contributed by atoms with E-state index in [2.05, 4.69) is 10.3 Å². The third kappa shape index (κ3) is 2.78. The Bertz CT molecular complexity index is 322. The summed E-state index contributed by atoms with van der Waals surface area (Å²) in [6.45, 7) is 5.69. The van der Waals surface area contributed by atoms with Crippen molar-refractivity contribution in [3.63, 3.8) is 0 Å². The maximum atomic E-state index is 10.9. The fourth-order valence-electron chi connectivity index (χ4n) is 1.13. The summed E-state index contributed by atoms with van der Waals surface area (Å²) in [6, 6.07) is -0.571. The number of rotatable bonds is 4. The third-order valence-corrected chi connectivity index (χ3v) is 2.47. The number of hydrogen-bond donors (Lipinski definition) is 2. The number of carbonyl (C=O) groups is 1. The third-order valence-electron chi connectivity index (χ3n) is 1.68. The molecule has 2 N–H and O–H groups in total. The molecule has 1 aromatic heterocycles. The van der Waals surface area contributed by atoms with Crippen molar-refractivity contribution in [2.75, 3.05) is 0 Å². The highest BCUT2D eigenvalue weighted by Gasteiger charge is 2.22. The van der Waals surface area contributed by atoms with E-state index in [0.29, 0.717) is 5.69 Å². The maximum absolute atomic E-state index is 10.9. The van der Waals surface area contributed by atoms with Crippen LogP contribution < -0.4 is 5.32 Å². The van der Waals surface area contributed by atoms with Gasteiger partial charge in [-0.3, -0.25) is 10.1 Å². The second-order valence-electron chi connectivity index (χ2n) is 3.38. The van der Waals surface area contributed by atoms with Crippen LogP contribution in [0.2, 0.25) is 0 Å². The van der Waals surface area contributed by atoms with Crippen LogP contribution in [0.4, 0.5) is 0 Å². The molecule has 4 nitrogen and oxygen atoms in total. The van der Waals surface area contributed by atoms with Crippen molar-refractivity contribution in [1.82, 2.24) is 10.3 Å². The summed E-state index contributed by atoms with van der Waals surface area (Å²) >= 11 is 1.46. The monoisotopic (exact) mass is 214 g/mol. The highest BCUT2D eigenvalue weighted by atomic mass is 32.1. The van der Waals surface area contributed by atoms with Gasteiger partial charge >= 0.3 is 5.97 Å². The molecule has 0 spiro atoms. The number of aryl methyl sites for hydroxylation is 1. The van der Waals surface area contributed by atoms with Gasteiger partial charge in [0.1, 0.15) is 6.04 Å². The Hall–Kier alpha value is -0.940. The molecule has 1 heterocycles. The van der Waals surface area contributed by atoms with Gasteiger partial charge in [-0.2, -0.15) is 0 Å². The first-order valence-electron chi connectivity index (χ1n) is 4.41. The van der Waals surface area contributed by atoms with Gasteiger partial charge in [-0.15, -0.1) is 11.3 Å². The average Bonchev–Trinajstić information content (AvgIpc) is 2.46. The molecule has 0 amide bonds. The number of hydrogen-bond acceptors (Lipinski definition) is 4. The van der Waals surface area contributed by atoms with Gasteiger partial charge in [0.2, 0.25) is 0 Å². The number of thiazole rings is 1. The molecule has 1 unspecified atom stereocenters. The molecule has 0 aliphatic heterocycles. The van der Waals surface area contributed by atoms with Gasteiger partial charge in [0.25, 0.3) is 0 Å². The standard InChI is InChI=1S/C9H14N2O2S/c1-5(2)10-8(9(12)13)7-4-14-6(3)11-7/h4-5,8,10H,1-3H3,(H,12,13). The number of nitrogens with zero attached hydrogens (tertiary/aromatic N) is 1. The fraction of sp³-hybridized carbons (Fsp3) is 0.556. The number of aliphatic carboxylic acids is 1. The molecule has 0 fully saturated rings. The lowest BCUT2D eigenvalue weighted by atomic mass is 10.2. The maximum Gasteiger partial charge on any atom is 0.327 e. The largest absolute Gasteiger partial charge is 0.480 e. The zero-order valence-electron chi connectivity index (χ0n) is 8.44. The van der Waals surface area contributed by atoms with Gasteiger partial charge < -0.3 is 5.11 Å². The summed E-state index contributed by atoms with van der Waals surface area (Å²) in [5.41, 5.74) is 0.591. The molecule has 14 heavy (non-hydrogen) atoms. The summed E-state index contributed by atoms with van der Waals surface area (Å²) in [7, 11) is 0. The van der Waals surface area contributed by atoms with E-state index in [1.165, 1.54) is 11.3 Å². The number of carboxylic acids is 1. The van der Waals surface area contributed by atoms with Crippen LogP contribution in [0, 0.1) is 6.92 Å². The lowest BCUT2D eigenvalue weighted by Crippen LogP contribution is -2.33. The molecule has 0 aromatic carbocycles. The van der Waals surface area contributed by atoms with Crippen molar-refractivity contribution in [3.8, 4) is 0 Å². The molecule has 0 saturated heterocycles. The van der Waals surface area contributed by atoms with Crippen LogP contribution in [-0.2, 0) is 4.79 Å². The summed E-state index contributed by atoms with van der Waals surface area (Å²) in [6.07, 6.45) is 0. The van der Waals surface area contributed by atoms with E-state index >= 15 is 0 Å². The lowest BCUT2D eigenvalue weighted by molar-refractivity contribution is -0.139. The predicted molar refractivity (Wildman–Crippen MR) is 55.5 cm³/mol. The average molecular weight is 214 g/mol. The Morgan fingerprint density at radius 1 is 1.64 bits per heavy atom. The van der Waals surface area contributed by atoms with E-state index in [0.717, 1.165) is 5.01 Å². The van der Waals surface area contributed by atoms with Crippen molar-refractivity contribution in [2.24, 2.45) is 0 Å². The molecular formula is C9H14N2O2S. The van der Waals surface area contributed by atoms with Crippen LogP contribution >= 0.6 is 11.3 Å². The van der Waals surface area contributed by atoms with Crippen molar-refractivity contribution < 1.29 is 9.90 Å². The Kier molecular flexibility index (Phi) is 3.60. The van der Waals surface area contributed by atoms with Crippen molar-refractivity contribution in [2.45, 2.75) is 32.9 Å². The number of carboxylic acid groups (broad SMARTS) is 1. The second-order valence-corrected chi connectivity index (χ2v) is 4.45. The summed E-state index contributed by atoms with van der Waals surface area (Å²) < 4.78 is 0. The van der Waals surface area contributed by atoms with Crippen molar-refractivity contribution in [1.29, 1.82) is 0 Å². The molecular weight excluding hydrogens is 200 g/mol. The van der Waals surface area contributed by atoms with Gasteiger partial charge in [0.05, 0.1) is 10.7 Å². The van der Waals surface area contributed by atoms with E-state index in [1.54, 1.807) is 5.38 Å². The fourth-order valence-corrected chi connectivity index (χ4v) is 1.77. The molecule has 0 bridgehead atoms. The van der Waals surface area contributed by atoms with E-state index < -0.39 is 12.0 Å². The van der Waals surface area contributed by atoms with Gasteiger partial charge in [0.15, 0.2) is 0 Å². The van der Waals surface area contributed by atoms with Gasteiger partial charge in [0, 0.05) is 11.4 Å². The molecule has 1 rings (SSSR count). The van der Waals surface area contributed by atoms with E-state index in [4.69, 9.17) is 5.11 Å². The second kappa shape index (κ2) is 4.52. The van der Waals surface area contributed by atoms with Crippen LogP contribution in [0.3, 0.4) is 0 Å². The Morgan fingerprint density at radius 3 is 2.64 bits per heavy atom. The Labute approximate surface area is 87.0 Å². The minimum absolute atomic E-state index is 0.123. The van der Waals surface area contributed by atoms with E-state index in [1.807, 2.05) is 20.8 Å². The zero-order chi connectivity index (χ0) is 10.7. The molecule has 0 aliphatic carbocycles. The predicted octanol–water partition coefficient (Wildman–Crippen LogP) is 1.58. The molecule has 1 atom stereocenters. The summed E-state index contributed by atoms with van der Waals surface area (Å²) in [4.78, 5) is 15.1. The molecule has 0 radical (unpaired) electrons. The highest BCUT2D eigenvalue weighted by Crippen LogP contribution is 2.16. The lowest BCUT2D eigenvalue weighted by Gasteiger charge is -2.14. The molecule has 0 aliphatic rings. The zero-order valence-corrected chi connectivity index (χ0v) is 9.26. The molecule has 1 aromatic rings. The minimum Gasteiger partial charge on any atom is -0.480 e. The van der Waals surface area contributed by atoms with Crippen LogP contribution in [0.25, 0.3) is 0 Å². The first-order valence-corrected chi connectivity index (χ1v) is 5.29. The first-order chi connectivity index (χ1) is 6.50. The first kappa shape index (κ1) is 11.1. The molecule has 78 valence electrons. The van der Waals surface area contributed by atoms with Crippen LogP contribution in [-0.4, -0.2) is 22.1 Å². The molecule has 0 saturated carbocycles. The van der Waals surface area contributed by atoms with Gasteiger partial charge in [-0.05, 0) is 20.8 Å².